The standard InChI is InChI=1S/C14H26N2O/c1-12-7-9-16(10-8-12)11-14(17)15-13-5-3-2-4-6-13/h12-13H,2-11H2,1H3,(H,15,17)/p+1. The first-order valence-electron chi connectivity index (χ1n) is 7.37. The van der Waals surface area contributed by atoms with Crippen molar-refractivity contribution in [3.63, 3.8) is 0 Å². The number of amides is 1. The first-order valence-corrected chi connectivity index (χ1v) is 7.37. The van der Waals surface area contributed by atoms with Crippen molar-refractivity contribution in [2.75, 3.05) is 19.6 Å². The minimum Gasteiger partial charge on any atom is -0.348 e. The van der Waals surface area contributed by atoms with Gasteiger partial charge < -0.3 is 10.2 Å². The van der Waals surface area contributed by atoms with Gasteiger partial charge in [0.1, 0.15) is 0 Å². The van der Waals surface area contributed by atoms with Gasteiger partial charge in [0.2, 0.25) is 0 Å². The summed E-state index contributed by atoms with van der Waals surface area (Å²) in [5.41, 5.74) is 0. The van der Waals surface area contributed by atoms with Gasteiger partial charge in [-0.2, -0.15) is 0 Å². The van der Waals surface area contributed by atoms with Crippen LogP contribution in [0.1, 0.15) is 51.9 Å². The lowest BCUT2D eigenvalue weighted by Crippen LogP contribution is -3.14. The Morgan fingerprint density at radius 2 is 1.76 bits per heavy atom. The third-order valence-corrected chi connectivity index (χ3v) is 4.36. The number of carbonyl (C=O) groups excluding carboxylic acids is 1. The second-order valence-electron chi connectivity index (χ2n) is 6.01. The van der Waals surface area contributed by atoms with E-state index in [-0.39, 0.29) is 5.91 Å². The predicted octanol–water partition coefficient (Wildman–Crippen LogP) is 0.750. The van der Waals surface area contributed by atoms with Crippen LogP contribution >= 0.6 is 0 Å². The third kappa shape index (κ3) is 4.30. The average Bonchev–Trinajstić information content (AvgIpc) is 2.33. The van der Waals surface area contributed by atoms with E-state index in [4.69, 9.17) is 0 Å². The summed E-state index contributed by atoms with van der Waals surface area (Å²) in [5.74, 6) is 1.14. The van der Waals surface area contributed by atoms with Crippen molar-refractivity contribution in [1.82, 2.24) is 5.32 Å². The maximum atomic E-state index is 11.9. The van der Waals surface area contributed by atoms with E-state index in [1.165, 1.54) is 62.9 Å². The molecule has 17 heavy (non-hydrogen) atoms. The fourth-order valence-corrected chi connectivity index (χ4v) is 3.10. The molecule has 0 aromatic rings. The Kier molecular flexibility index (Phi) is 4.84. The van der Waals surface area contributed by atoms with Crippen molar-refractivity contribution in [2.24, 2.45) is 5.92 Å². The first-order chi connectivity index (χ1) is 8.24. The van der Waals surface area contributed by atoms with Crippen molar-refractivity contribution < 1.29 is 9.69 Å². The van der Waals surface area contributed by atoms with Crippen LogP contribution in [0.4, 0.5) is 0 Å². The SMILES string of the molecule is CC1CC[NH+](CC(=O)NC2CCCCC2)CC1. The summed E-state index contributed by atoms with van der Waals surface area (Å²) in [5, 5.41) is 3.22. The second kappa shape index (κ2) is 6.39. The Bertz CT molecular complexity index is 241. The summed E-state index contributed by atoms with van der Waals surface area (Å²) in [4.78, 5) is 13.4. The number of piperidine rings is 1. The number of rotatable bonds is 3. The molecule has 1 aliphatic carbocycles. The highest BCUT2D eigenvalue weighted by Gasteiger charge is 2.23. The molecule has 0 unspecified atom stereocenters. The Morgan fingerprint density at radius 3 is 2.41 bits per heavy atom. The molecule has 1 amide bonds. The Labute approximate surface area is 105 Å². The van der Waals surface area contributed by atoms with E-state index >= 15 is 0 Å². The predicted molar refractivity (Wildman–Crippen MR) is 69.0 cm³/mol. The molecule has 2 aliphatic rings. The summed E-state index contributed by atoms with van der Waals surface area (Å²) in [6.07, 6.45) is 8.88. The number of likely N-dealkylation sites (tertiary alicyclic amines) is 1. The molecule has 0 aromatic carbocycles. The zero-order valence-corrected chi connectivity index (χ0v) is 11.1. The Hall–Kier alpha value is -0.570. The topological polar surface area (TPSA) is 33.5 Å². The first kappa shape index (κ1) is 12.9. The van der Waals surface area contributed by atoms with E-state index in [0.29, 0.717) is 12.6 Å². The van der Waals surface area contributed by atoms with Crippen LogP contribution in [0.5, 0.6) is 0 Å². The van der Waals surface area contributed by atoms with E-state index in [1.807, 2.05) is 0 Å². The average molecular weight is 239 g/mol. The van der Waals surface area contributed by atoms with Crippen LogP contribution in [0.2, 0.25) is 0 Å². The molecule has 0 bridgehead atoms. The highest BCUT2D eigenvalue weighted by Crippen LogP contribution is 2.17. The van der Waals surface area contributed by atoms with Crippen LogP contribution in [-0.2, 0) is 4.79 Å². The quantitative estimate of drug-likeness (QED) is 0.749. The van der Waals surface area contributed by atoms with Crippen molar-refractivity contribution >= 4 is 5.91 Å². The molecule has 0 spiro atoms. The van der Waals surface area contributed by atoms with E-state index in [1.54, 1.807) is 0 Å². The second-order valence-corrected chi connectivity index (χ2v) is 6.01. The van der Waals surface area contributed by atoms with Crippen molar-refractivity contribution in [1.29, 1.82) is 0 Å². The maximum absolute atomic E-state index is 11.9. The highest BCUT2D eigenvalue weighted by atomic mass is 16.2. The summed E-state index contributed by atoms with van der Waals surface area (Å²) in [7, 11) is 0. The smallest absolute Gasteiger partial charge is 0.275 e. The van der Waals surface area contributed by atoms with Gasteiger partial charge in [-0.3, -0.25) is 4.79 Å². The van der Waals surface area contributed by atoms with Gasteiger partial charge in [0.15, 0.2) is 6.54 Å². The molecular weight excluding hydrogens is 212 g/mol. The number of quaternary nitrogens is 1. The number of nitrogens with one attached hydrogen (secondary N) is 2. The number of hydrogen-bond donors (Lipinski definition) is 2. The summed E-state index contributed by atoms with van der Waals surface area (Å²) < 4.78 is 0. The third-order valence-electron chi connectivity index (χ3n) is 4.36. The van der Waals surface area contributed by atoms with Crippen LogP contribution in [0.25, 0.3) is 0 Å². The molecule has 2 N–H and O–H groups in total. The molecule has 0 radical (unpaired) electrons. The molecular formula is C14H27N2O+. The summed E-state index contributed by atoms with van der Waals surface area (Å²) >= 11 is 0. The monoisotopic (exact) mass is 239 g/mol. The van der Waals surface area contributed by atoms with Gasteiger partial charge in [-0.05, 0) is 31.6 Å². The highest BCUT2D eigenvalue weighted by molar-refractivity contribution is 5.77. The van der Waals surface area contributed by atoms with Gasteiger partial charge >= 0.3 is 0 Å². The van der Waals surface area contributed by atoms with E-state index in [9.17, 15) is 4.79 Å². The van der Waals surface area contributed by atoms with Gasteiger partial charge in [0.25, 0.3) is 5.91 Å². The number of carbonyl (C=O) groups is 1. The zero-order valence-electron chi connectivity index (χ0n) is 11.1. The van der Waals surface area contributed by atoms with Crippen molar-refractivity contribution in [3.8, 4) is 0 Å². The molecule has 1 saturated carbocycles. The van der Waals surface area contributed by atoms with Crippen LogP contribution in [0.3, 0.4) is 0 Å². The molecule has 2 fully saturated rings. The molecule has 1 aliphatic heterocycles. The fourth-order valence-electron chi connectivity index (χ4n) is 3.10. The molecule has 2 rings (SSSR count). The Morgan fingerprint density at radius 1 is 1.12 bits per heavy atom. The zero-order chi connectivity index (χ0) is 12.1. The van der Waals surface area contributed by atoms with E-state index < -0.39 is 0 Å². The van der Waals surface area contributed by atoms with Crippen molar-refractivity contribution in [3.05, 3.63) is 0 Å². The van der Waals surface area contributed by atoms with Crippen molar-refractivity contribution in [2.45, 2.75) is 57.9 Å². The lowest BCUT2D eigenvalue weighted by atomic mass is 9.95. The van der Waals surface area contributed by atoms with E-state index in [2.05, 4.69) is 12.2 Å². The van der Waals surface area contributed by atoms with Gasteiger partial charge in [0.05, 0.1) is 13.1 Å². The molecule has 3 nitrogen and oxygen atoms in total. The molecule has 1 heterocycles. The largest absolute Gasteiger partial charge is 0.348 e. The molecule has 98 valence electrons. The van der Waals surface area contributed by atoms with Crippen LogP contribution in [0, 0.1) is 5.92 Å². The molecule has 1 saturated heterocycles. The number of hydrogen-bond acceptors (Lipinski definition) is 1. The summed E-state index contributed by atoms with van der Waals surface area (Å²) in [6, 6.07) is 0.472. The van der Waals surface area contributed by atoms with Gasteiger partial charge in [-0.1, -0.05) is 26.2 Å². The minimum atomic E-state index is 0.279. The van der Waals surface area contributed by atoms with Crippen LogP contribution in [0.15, 0.2) is 0 Å². The van der Waals surface area contributed by atoms with Gasteiger partial charge in [0, 0.05) is 6.04 Å². The normalized spacial score (nSPS) is 31.1. The molecule has 3 heteroatoms. The minimum absolute atomic E-state index is 0.279. The lowest BCUT2D eigenvalue weighted by molar-refractivity contribution is -0.898. The lowest BCUT2D eigenvalue weighted by Gasteiger charge is -2.28. The van der Waals surface area contributed by atoms with Crippen LogP contribution in [-0.4, -0.2) is 31.6 Å². The van der Waals surface area contributed by atoms with Gasteiger partial charge in [-0.25, -0.2) is 0 Å². The molecule has 0 aromatic heterocycles. The van der Waals surface area contributed by atoms with Gasteiger partial charge in [-0.15, -0.1) is 0 Å². The maximum Gasteiger partial charge on any atom is 0.275 e. The van der Waals surface area contributed by atoms with E-state index in [0.717, 1.165) is 5.92 Å². The fraction of sp³-hybridized carbons (Fsp3) is 0.929. The Balaban J connectivity index is 1.66. The molecule has 0 atom stereocenters. The summed E-state index contributed by atoms with van der Waals surface area (Å²) in [6.45, 7) is 5.38. The van der Waals surface area contributed by atoms with Crippen LogP contribution < -0.4 is 10.2 Å².